The summed E-state index contributed by atoms with van der Waals surface area (Å²) in [5.74, 6) is -1.30. The molecule has 0 aliphatic rings. The monoisotopic (exact) mass is 134 g/mol. The molecule has 9 heavy (non-hydrogen) atoms. The number of carboxylic acids is 1. The smallest absolute Gasteiger partial charge is 0.332 e. The van der Waals surface area contributed by atoms with Gasteiger partial charge in [0.15, 0.2) is 6.10 Å². The third-order valence-corrected chi connectivity index (χ3v) is 0.849. The third kappa shape index (κ3) is 3.93. The largest absolute Gasteiger partial charge is 0.479 e. The maximum atomic E-state index is 9.87. The molecule has 0 aromatic carbocycles. The Morgan fingerprint density at radius 1 is 1.56 bits per heavy atom. The maximum Gasteiger partial charge on any atom is 0.332 e. The Kier molecular flexibility index (Phi) is 3.19. The van der Waals surface area contributed by atoms with Crippen LogP contribution in [0.1, 0.15) is 13.3 Å². The average Bonchev–Trinajstić information content (AvgIpc) is 1.63. The second-order valence-electron chi connectivity index (χ2n) is 1.94. The molecule has 0 saturated heterocycles. The zero-order valence-electron chi connectivity index (χ0n) is 5.11. The van der Waals surface area contributed by atoms with Crippen molar-refractivity contribution in [3.05, 3.63) is 0 Å². The summed E-state index contributed by atoms with van der Waals surface area (Å²) >= 11 is 0. The van der Waals surface area contributed by atoms with E-state index in [1.165, 1.54) is 6.92 Å². The summed E-state index contributed by atoms with van der Waals surface area (Å²) in [5.41, 5.74) is 0. The number of aliphatic hydroxyl groups excluding tert-OH is 2. The topological polar surface area (TPSA) is 77.8 Å². The fourth-order valence-electron chi connectivity index (χ4n) is 0.424. The van der Waals surface area contributed by atoms with Crippen LogP contribution in [0.5, 0.6) is 0 Å². The third-order valence-electron chi connectivity index (χ3n) is 0.849. The van der Waals surface area contributed by atoms with Gasteiger partial charge in [0.05, 0.1) is 6.10 Å². The number of hydrogen-bond donors (Lipinski definition) is 3. The van der Waals surface area contributed by atoms with Crippen LogP contribution in [0.2, 0.25) is 0 Å². The molecule has 0 aromatic rings. The Hall–Kier alpha value is -0.610. The van der Waals surface area contributed by atoms with Gasteiger partial charge >= 0.3 is 5.97 Å². The first-order valence-corrected chi connectivity index (χ1v) is 2.63. The lowest BCUT2D eigenvalue weighted by Crippen LogP contribution is -2.23. The van der Waals surface area contributed by atoms with Crippen LogP contribution in [0.4, 0.5) is 0 Å². The van der Waals surface area contributed by atoms with Crippen molar-refractivity contribution in [2.24, 2.45) is 0 Å². The van der Waals surface area contributed by atoms with Crippen molar-refractivity contribution in [1.82, 2.24) is 0 Å². The van der Waals surface area contributed by atoms with Crippen LogP contribution in [0.15, 0.2) is 0 Å². The van der Waals surface area contributed by atoms with Crippen LogP contribution in [0.25, 0.3) is 0 Å². The normalized spacial score (nSPS) is 16.8. The van der Waals surface area contributed by atoms with E-state index in [2.05, 4.69) is 0 Å². The van der Waals surface area contributed by atoms with E-state index in [-0.39, 0.29) is 6.42 Å². The molecule has 3 N–H and O–H groups in total. The summed E-state index contributed by atoms with van der Waals surface area (Å²) in [7, 11) is 0. The van der Waals surface area contributed by atoms with Crippen molar-refractivity contribution in [3.8, 4) is 0 Å². The van der Waals surface area contributed by atoms with Gasteiger partial charge < -0.3 is 15.3 Å². The summed E-state index contributed by atoms with van der Waals surface area (Å²) in [6, 6.07) is 0. The maximum absolute atomic E-state index is 9.87. The van der Waals surface area contributed by atoms with Gasteiger partial charge in [0.1, 0.15) is 0 Å². The Balaban J connectivity index is 3.50. The molecule has 4 nitrogen and oxygen atoms in total. The Labute approximate surface area is 52.7 Å². The molecule has 0 bridgehead atoms. The van der Waals surface area contributed by atoms with Gasteiger partial charge in [-0.1, -0.05) is 0 Å². The molecular formula is C5H10O4. The van der Waals surface area contributed by atoms with Crippen LogP contribution in [-0.2, 0) is 4.79 Å². The second kappa shape index (κ2) is 3.42. The van der Waals surface area contributed by atoms with Gasteiger partial charge in [-0.15, -0.1) is 0 Å². The van der Waals surface area contributed by atoms with Gasteiger partial charge in [-0.2, -0.15) is 0 Å². The number of carboxylic acid groups (broad SMARTS) is 1. The Morgan fingerprint density at radius 3 is 2.11 bits per heavy atom. The molecule has 1 unspecified atom stereocenters. The molecule has 0 spiro atoms. The average molecular weight is 134 g/mol. The summed E-state index contributed by atoms with van der Waals surface area (Å²) < 4.78 is 0. The van der Waals surface area contributed by atoms with E-state index in [0.717, 1.165) is 0 Å². The lowest BCUT2D eigenvalue weighted by molar-refractivity contribution is -0.148. The van der Waals surface area contributed by atoms with E-state index in [1.54, 1.807) is 0 Å². The summed E-state index contributed by atoms with van der Waals surface area (Å²) in [5, 5.41) is 25.2. The van der Waals surface area contributed by atoms with E-state index >= 15 is 0 Å². The van der Waals surface area contributed by atoms with Crippen LogP contribution in [-0.4, -0.2) is 33.5 Å². The van der Waals surface area contributed by atoms with Crippen molar-refractivity contribution in [2.45, 2.75) is 25.6 Å². The van der Waals surface area contributed by atoms with Crippen molar-refractivity contribution < 1.29 is 20.1 Å². The molecular weight excluding hydrogens is 124 g/mol. The molecule has 0 saturated carbocycles. The molecule has 0 aromatic heterocycles. The molecule has 0 fully saturated rings. The predicted octanol–water partition coefficient (Wildman–Crippen LogP) is -0.797. The summed E-state index contributed by atoms with van der Waals surface area (Å²) in [4.78, 5) is 9.87. The van der Waals surface area contributed by atoms with Gasteiger partial charge in [-0.3, -0.25) is 0 Å². The second-order valence-corrected chi connectivity index (χ2v) is 1.94. The quantitative estimate of drug-likeness (QED) is 0.472. The standard InChI is InChI=1S/C5H10O4/c1-3(6)2-4(7)5(8)9/h3-4,6-7H,2H2,1H3,(H,8,9)/t3?,4-/m1/s1. The van der Waals surface area contributed by atoms with E-state index < -0.39 is 18.2 Å². The van der Waals surface area contributed by atoms with Gasteiger partial charge in [0.2, 0.25) is 0 Å². The first-order chi connectivity index (χ1) is 4.04. The van der Waals surface area contributed by atoms with Crippen LogP contribution in [0.3, 0.4) is 0 Å². The number of aliphatic carboxylic acids is 1. The van der Waals surface area contributed by atoms with Crippen molar-refractivity contribution >= 4 is 5.97 Å². The minimum absolute atomic E-state index is 0.116. The lowest BCUT2D eigenvalue weighted by atomic mass is 10.2. The molecule has 0 radical (unpaired) electrons. The molecule has 0 heterocycles. The van der Waals surface area contributed by atoms with E-state index in [4.69, 9.17) is 15.3 Å². The highest BCUT2D eigenvalue weighted by molar-refractivity contribution is 5.71. The molecule has 0 aliphatic carbocycles. The Morgan fingerprint density at radius 2 is 2.00 bits per heavy atom. The first-order valence-electron chi connectivity index (χ1n) is 2.63. The SMILES string of the molecule is CC(O)C[C@@H](O)C(=O)O. The van der Waals surface area contributed by atoms with Crippen LogP contribution >= 0.6 is 0 Å². The van der Waals surface area contributed by atoms with Crippen LogP contribution < -0.4 is 0 Å². The molecule has 4 heteroatoms. The summed E-state index contributed by atoms with van der Waals surface area (Å²) in [6.45, 7) is 1.42. The highest BCUT2D eigenvalue weighted by Crippen LogP contribution is 1.95. The summed E-state index contributed by atoms with van der Waals surface area (Å²) in [6.07, 6.45) is -2.32. The predicted molar refractivity (Wildman–Crippen MR) is 29.9 cm³/mol. The molecule has 54 valence electrons. The van der Waals surface area contributed by atoms with Gasteiger partial charge in [0.25, 0.3) is 0 Å². The van der Waals surface area contributed by atoms with Crippen molar-refractivity contribution in [2.75, 3.05) is 0 Å². The minimum atomic E-state index is -1.44. The Bertz CT molecular complexity index is 99.1. The molecule has 0 aliphatic heterocycles. The number of carbonyl (C=O) groups is 1. The highest BCUT2D eigenvalue weighted by atomic mass is 16.4. The highest BCUT2D eigenvalue weighted by Gasteiger charge is 2.14. The molecule has 0 amide bonds. The fraction of sp³-hybridized carbons (Fsp3) is 0.800. The van der Waals surface area contributed by atoms with Gasteiger partial charge in [-0.05, 0) is 6.92 Å². The minimum Gasteiger partial charge on any atom is -0.479 e. The number of hydrogen-bond acceptors (Lipinski definition) is 3. The van der Waals surface area contributed by atoms with E-state index in [0.29, 0.717) is 0 Å². The van der Waals surface area contributed by atoms with E-state index in [9.17, 15) is 4.79 Å². The van der Waals surface area contributed by atoms with Crippen LogP contribution in [0, 0.1) is 0 Å². The first kappa shape index (κ1) is 8.39. The van der Waals surface area contributed by atoms with Crippen molar-refractivity contribution in [3.63, 3.8) is 0 Å². The fourth-order valence-corrected chi connectivity index (χ4v) is 0.424. The number of rotatable bonds is 3. The molecule has 0 rings (SSSR count). The van der Waals surface area contributed by atoms with Gasteiger partial charge in [-0.25, -0.2) is 4.79 Å². The van der Waals surface area contributed by atoms with Crippen molar-refractivity contribution in [1.29, 1.82) is 0 Å². The van der Waals surface area contributed by atoms with Gasteiger partial charge in [0, 0.05) is 6.42 Å². The van der Waals surface area contributed by atoms with E-state index in [1.807, 2.05) is 0 Å². The zero-order chi connectivity index (χ0) is 7.44. The zero-order valence-corrected chi connectivity index (χ0v) is 5.11. The molecule has 2 atom stereocenters. The lowest BCUT2D eigenvalue weighted by Gasteiger charge is -2.05. The number of aliphatic hydroxyl groups is 2.